The van der Waals surface area contributed by atoms with Crippen LogP contribution in [0.5, 0.6) is 0 Å². The topological polar surface area (TPSA) is 45.2 Å². The minimum atomic E-state index is -0.00950. The lowest BCUT2D eigenvalue weighted by atomic mass is 10.1. The molecule has 0 spiro atoms. The Balaban J connectivity index is 1.54. The van der Waals surface area contributed by atoms with Gasteiger partial charge in [-0.15, -0.1) is 0 Å². The van der Waals surface area contributed by atoms with Gasteiger partial charge in [-0.1, -0.05) is 25.0 Å². The molecule has 0 unspecified atom stereocenters. The maximum Gasteiger partial charge on any atom is 0.251 e. The lowest BCUT2D eigenvalue weighted by molar-refractivity contribution is 0.0951. The molecule has 3 rings (SSSR count). The summed E-state index contributed by atoms with van der Waals surface area (Å²) in [6, 6.07) is 12.6. The Labute approximate surface area is 163 Å². The van der Waals surface area contributed by atoms with E-state index >= 15 is 0 Å². The summed E-state index contributed by atoms with van der Waals surface area (Å²) in [5, 5.41) is 3.06. The van der Waals surface area contributed by atoms with Gasteiger partial charge in [0.2, 0.25) is 0 Å². The molecule has 144 valence electrons. The van der Waals surface area contributed by atoms with E-state index in [0.29, 0.717) is 12.1 Å². The van der Waals surface area contributed by atoms with Gasteiger partial charge in [-0.25, -0.2) is 0 Å². The largest absolute Gasteiger partial charge is 0.352 e. The zero-order chi connectivity index (χ0) is 19.2. The first-order chi connectivity index (χ1) is 13.0. The molecule has 1 fully saturated rings. The van der Waals surface area contributed by atoms with Crippen LogP contribution in [0.4, 0.5) is 0 Å². The number of benzene rings is 1. The van der Waals surface area contributed by atoms with E-state index in [9.17, 15) is 4.79 Å². The molecule has 2 aromatic rings. The fraction of sp³-hybridized carbons (Fsp3) is 0.478. The summed E-state index contributed by atoms with van der Waals surface area (Å²) in [5.41, 5.74) is 4.76. The van der Waals surface area contributed by atoms with E-state index in [1.165, 1.54) is 31.2 Å². The third-order valence-corrected chi connectivity index (χ3v) is 5.44. The molecule has 1 aliphatic carbocycles. The van der Waals surface area contributed by atoms with E-state index < -0.39 is 0 Å². The Morgan fingerprint density at radius 3 is 2.70 bits per heavy atom. The van der Waals surface area contributed by atoms with Gasteiger partial charge in [0.1, 0.15) is 0 Å². The normalized spacial score (nSPS) is 14.7. The van der Waals surface area contributed by atoms with Crippen molar-refractivity contribution in [2.24, 2.45) is 0 Å². The summed E-state index contributed by atoms with van der Waals surface area (Å²) in [6.45, 7) is 5.81. The van der Waals surface area contributed by atoms with Crippen LogP contribution in [0.25, 0.3) is 11.3 Å². The van der Waals surface area contributed by atoms with Crippen LogP contribution in [-0.4, -0.2) is 42.0 Å². The van der Waals surface area contributed by atoms with Crippen molar-refractivity contribution in [3.63, 3.8) is 0 Å². The average Bonchev–Trinajstić information content (AvgIpc) is 3.19. The molecule has 4 nitrogen and oxygen atoms in total. The van der Waals surface area contributed by atoms with Crippen LogP contribution in [0.3, 0.4) is 0 Å². The molecule has 0 radical (unpaired) electrons. The van der Waals surface area contributed by atoms with Crippen molar-refractivity contribution in [3.05, 3.63) is 53.2 Å². The van der Waals surface area contributed by atoms with Crippen molar-refractivity contribution in [1.82, 2.24) is 15.2 Å². The van der Waals surface area contributed by atoms with Crippen LogP contribution in [0, 0.1) is 13.8 Å². The highest BCUT2D eigenvalue weighted by molar-refractivity contribution is 5.95. The number of carbonyl (C=O) groups excluding carboxylic acids is 1. The molecule has 0 bridgehead atoms. The Bertz CT molecular complexity index is 761. The zero-order valence-electron chi connectivity index (χ0n) is 16.8. The number of nitrogens with one attached hydrogen (secondary N) is 1. The minimum Gasteiger partial charge on any atom is -0.352 e. The molecular weight excluding hydrogens is 334 g/mol. The number of hydrogen-bond acceptors (Lipinski definition) is 3. The first-order valence-electron chi connectivity index (χ1n) is 10.1. The van der Waals surface area contributed by atoms with Gasteiger partial charge < -0.3 is 10.2 Å². The highest BCUT2D eigenvalue weighted by Crippen LogP contribution is 2.22. The molecule has 27 heavy (non-hydrogen) atoms. The maximum absolute atomic E-state index is 12.5. The third-order valence-electron chi connectivity index (χ3n) is 5.44. The monoisotopic (exact) mass is 365 g/mol. The Kier molecular flexibility index (Phi) is 6.62. The van der Waals surface area contributed by atoms with Crippen molar-refractivity contribution in [3.8, 4) is 11.3 Å². The van der Waals surface area contributed by atoms with Crippen molar-refractivity contribution in [2.75, 3.05) is 20.1 Å². The van der Waals surface area contributed by atoms with Gasteiger partial charge in [0.25, 0.3) is 5.91 Å². The number of nitrogens with zero attached hydrogens (tertiary/aromatic N) is 2. The fourth-order valence-corrected chi connectivity index (χ4v) is 3.97. The van der Waals surface area contributed by atoms with Gasteiger partial charge in [0.05, 0.1) is 5.69 Å². The molecule has 1 saturated carbocycles. The van der Waals surface area contributed by atoms with Crippen molar-refractivity contribution >= 4 is 5.91 Å². The Morgan fingerprint density at radius 2 is 1.96 bits per heavy atom. The molecule has 0 aliphatic heterocycles. The van der Waals surface area contributed by atoms with Gasteiger partial charge in [0, 0.05) is 29.4 Å². The van der Waals surface area contributed by atoms with Gasteiger partial charge in [-0.3, -0.25) is 9.78 Å². The zero-order valence-corrected chi connectivity index (χ0v) is 16.8. The number of aryl methyl sites for hydroxylation is 2. The maximum atomic E-state index is 12.5. The van der Waals surface area contributed by atoms with Gasteiger partial charge in [-0.2, -0.15) is 0 Å². The third kappa shape index (κ3) is 5.39. The van der Waals surface area contributed by atoms with E-state index in [1.807, 2.05) is 31.2 Å². The highest BCUT2D eigenvalue weighted by atomic mass is 16.1. The van der Waals surface area contributed by atoms with Gasteiger partial charge >= 0.3 is 0 Å². The molecule has 1 aromatic carbocycles. The molecule has 1 aromatic heterocycles. The molecule has 1 amide bonds. The first kappa shape index (κ1) is 19.6. The first-order valence-corrected chi connectivity index (χ1v) is 10.1. The van der Waals surface area contributed by atoms with E-state index in [2.05, 4.69) is 41.3 Å². The number of rotatable bonds is 7. The second-order valence-corrected chi connectivity index (χ2v) is 7.78. The Morgan fingerprint density at radius 1 is 1.19 bits per heavy atom. The number of amides is 1. The standard InChI is InChI=1S/C23H31N3O/c1-17-14-18(2)25-22(15-17)19-8-6-9-20(16-19)23(27)24-12-7-13-26(3)21-10-4-5-11-21/h6,8-9,14-16,21H,4-5,7,10-13H2,1-3H3,(H,24,27). The number of hydrogen-bond donors (Lipinski definition) is 1. The number of carbonyl (C=O) groups is 1. The van der Waals surface area contributed by atoms with E-state index in [4.69, 9.17) is 0 Å². The minimum absolute atomic E-state index is 0.00950. The van der Waals surface area contributed by atoms with Crippen LogP contribution >= 0.6 is 0 Å². The predicted molar refractivity (Wildman–Crippen MR) is 111 cm³/mol. The number of pyridine rings is 1. The van der Waals surface area contributed by atoms with Crippen molar-refractivity contribution in [1.29, 1.82) is 0 Å². The van der Waals surface area contributed by atoms with E-state index in [-0.39, 0.29) is 5.91 Å². The lowest BCUT2D eigenvalue weighted by Gasteiger charge is -2.23. The summed E-state index contributed by atoms with van der Waals surface area (Å²) in [6.07, 6.45) is 6.34. The molecule has 4 heteroatoms. The van der Waals surface area contributed by atoms with Gasteiger partial charge in [0.15, 0.2) is 0 Å². The van der Waals surface area contributed by atoms with Crippen LogP contribution in [-0.2, 0) is 0 Å². The molecular formula is C23H31N3O. The molecule has 1 heterocycles. The highest BCUT2D eigenvalue weighted by Gasteiger charge is 2.18. The molecule has 0 saturated heterocycles. The van der Waals surface area contributed by atoms with Crippen molar-refractivity contribution < 1.29 is 4.79 Å². The summed E-state index contributed by atoms with van der Waals surface area (Å²) in [4.78, 5) is 19.6. The van der Waals surface area contributed by atoms with Crippen LogP contribution in [0.15, 0.2) is 36.4 Å². The SMILES string of the molecule is Cc1cc(C)nc(-c2cccc(C(=O)NCCCN(C)C3CCCC3)c2)c1. The Hall–Kier alpha value is -2.20. The second kappa shape index (κ2) is 9.14. The summed E-state index contributed by atoms with van der Waals surface area (Å²) in [7, 11) is 2.21. The van der Waals surface area contributed by atoms with Crippen molar-refractivity contribution in [2.45, 2.75) is 52.0 Å². The average molecular weight is 366 g/mol. The van der Waals surface area contributed by atoms with E-state index in [0.717, 1.165) is 36.0 Å². The van der Waals surface area contributed by atoms with Crippen LogP contribution in [0.1, 0.15) is 53.7 Å². The quantitative estimate of drug-likeness (QED) is 0.742. The lowest BCUT2D eigenvalue weighted by Crippen LogP contribution is -2.33. The molecule has 0 atom stereocenters. The van der Waals surface area contributed by atoms with Crippen LogP contribution in [0.2, 0.25) is 0 Å². The fourth-order valence-electron chi connectivity index (χ4n) is 3.97. The summed E-state index contributed by atoms with van der Waals surface area (Å²) in [5.74, 6) is -0.00950. The molecule has 1 aliphatic rings. The predicted octanol–water partition coefficient (Wildman–Crippen LogP) is 4.36. The summed E-state index contributed by atoms with van der Waals surface area (Å²) < 4.78 is 0. The summed E-state index contributed by atoms with van der Waals surface area (Å²) >= 11 is 0. The van der Waals surface area contributed by atoms with E-state index in [1.54, 1.807) is 0 Å². The number of aromatic nitrogens is 1. The van der Waals surface area contributed by atoms with Gasteiger partial charge in [-0.05, 0) is 76.5 Å². The smallest absolute Gasteiger partial charge is 0.251 e. The van der Waals surface area contributed by atoms with Crippen LogP contribution < -0.4 is 5.32 Å². The second-order valence-electron chi connectivity index (χ2n) is 7.78. The molecule has 1 N–H and O–H groups in total.